The third kappa shape index (κ3) is 4.21. The molecule has 0 aliphatic heterocycles. The standard InChI is InChI=1S/C20H17ClN2O/c21-18-10-8-15(9-11-18)13-19(24)23-20(16-5-2-1-3-6-16)17-7-4-12-22-14-17/h1-12,14,20H,13H2,(H,23,24)/t20-/m0/s1. The van der Waals surface area contributed by atoms with Gasteiger partial charge in [0.25, 0.3) is 0 Å². The van der Waals surface area contributed by atoms with Crippen molar-refractivity contribution in [2.45, 2.75) is 12.5 Å². The van der Waals surface area contributed by atoms with Crippen molar-refractivity contribution in [3.05, 3.63) is 101 Å². The van der Waals surface area contributed by atoms with E-state index in [2.05, 4.69) is 10.3 Å². The van der Waals surface area contributed by atoms with E-state index in [0.29, 0.717) is 11.4 Å². The number of pyridine rings is 1. The van der Waals surface area contributed by atoms with E-state index in [1.54, 1.807) is 24.5 Å². The van der Waals surface area contributed by atoms with Crippen LogP contribution in [-0.4, -0.2) is 10.9 Å². The molecule has 0 saturated heterocycles. The maximum absolute atomic E-state index is 12.5. The average molecular weight is 337 g/mol. The summed E-state index contributed by atoms with van der Waals surface area (Å²) in [7, 11) is 0. The van der Waals surface area contributed by atoms with E-state index in [4.69, 9.17) is 11.6 Å². The van der Waals surface area contributed by atoms with E-state index < -0.39 is 0 Å². The summed E-state index contributed by atoms with van der Waals surface area (Å²) < 4.78 is 0. The molecule has 0 spiro atoms. The predicted octanol–water partition coefficient (Wildman–Crippen LogP) is 4.18. The van der Waals surface area contributed by atoms with Crippen LogP contribution in [0, 0.1) is 0 Å². The lowest BCUT2D eigenvalue weighted by molar-refractivity contribution is -0.120. The zero-order valence-electron chi connectivity index (χ0n) is 13.0. The molecule has 0 aliphatic rings. The van der Waals surface area contributed by atoms with E-state index in [9.17, 15) is 4.79 Å². The van der Waals surface area contributed by atoms with Gasteiger partial charge in [-0.25, -0.2) is 0 Å². The van der Waals surface area contributed by atoms with E-state index in [1.807, 2.05) is 54.6 Å². The zero-order chi connectivity index (χ0) is 16.8. The quantitative estimate of drug-likeness (QED) is 0.759. The Labute approximate surface area is 146 Å². The Bertz CT molecular complexity index is 749. The molecule has 1 atom stereocenters. The first kappa shape index (κ1) is 16.2. The largest absolute Gasteiger partial charge is 0.345 e. The van der Waals surface area contributed by atoms with E-state index in [0.717, 1.165) is 16.7 Å². The third-order valence-corrected chi connectivity index (χ3v) is 3.99. The number of hydrogen-bond donors (Lipinski definition) is 1. The monoisotopic (exact) mass is 336 g/mol. The highest BCUT2D eigenvalue weighted by molar-refractivity contribution is 6.30. The van der Waals surface area contributed by atoms with Crippen molar-refractivity contribution >= 4 is 17.5 Å². The van der Waals surface area contributed by atoms with Gasteiger partial charge in [-0.05, 0) is 34.9 Å². The van der Waals surface area contributed by atoms with Crippen molar-refractivity contribution in [1.82, 2.24) is 10.3 Å². The molecule has 24 heavy (non-hydrogen) atoms. The van der Waals surface area contributed by atoms with Crippen LogP contribution in [0.3, 0.4) is 0 Å². The lowest BCUT2D eigenvalue weighted by Crippen LogP contribution is -2.30. The molecular formula is C20H17ClN2O. The second-order valence-corrected chi connectivity index (χ2v) is 5.94. The topological polar surface area (TPSA) is 42.0 Å². The fourth-order valence-electron chi connectivity index (χ4n) is 2.55. The van der Waals surface area contributed by atoms with Crippen molar-refractivity contribution in [3.8, 4) is 0 Å². The van der Waals surface area contributed by atoms with E-state index in [1.165, 1.54) is 0 Å². The SMILES string of the molecule is O=C(Cc1ccc(Cl)cc1)N[C@@H](c1ccccc1)c1cccnc1. The van der Waals surface area contributed by atoms with E-state index in [-0.39, 0.29) is 11.9 Å². The first-order valence-electron chi connectivity index (χ1n) is 7.71. The van der Waals surface area contributed by atoms with Gasteiger partial charge in [0.2, 0.25) is 5.91 Å². The Morgan fingerprint density at radius 2 is 1.67 bits per heavy atom. The smallest absolute Gasteiger partial charge is 0.225 e. The van der Waals surface area contributed by atoms with Gasteiger partial charge in [0.15, 0.2) is 0 Å². The highest BCUT2D eigenvalue weighted by Gasteiger charge is 2.17. The van der Waals surface area contributed by atoms with Crippen LogP contribution in [-0.2, 0) is 11.2 Å². The highest BCUT2D eigenvalue weighted by atomic mass is 35.5. The molecule has 0 saturated carbocycles. The van der Waals surface area contributed by atoms with Gasteiger partial charge in [-0.3, -0.25) is 9.78 Å². The molecule has 120 valence electrons. The fraction of sp³-hybridized carbons (Fsp3) is 0.100. The van der Waals surface area contributed by atoms with Gasteiger partial charge in [-0.1, -0.05) is 60.1 Å². The van der Waals surface area contributed by atoms with Crippen LogP contribution < -0.4 is 5.32 Å². The van der Waals surface area contributed by atoms with Crippen molar-refractivity contribution in [2.24, 2.45) is 0 Å². The summed E-state index contributed by atoms with van der Waals surface area (Å²) in [5.41, 5.74) is 2.90. The summed E-state index contributed by atoms with van der Waals surface area (Å²) in [4.78, 5) is 16.7. The summed E-state index contributed by atoms with van der Waals surface area (Å²) >= 11 is 5.89. The van der Waals surface area contributed by atoms with Crippen molar-refractivity contribution in [1.29, 1.82) is 0 Å². The molecular weight excluding hydrogens is 320 g/mol. The molecule has 1 heterocycles. The molecule has 3 rings (SSSR count). The number of benzene rings is 2. The molecule has 0 bridgehead atoms. The summed E-state index contributed by atoms with van der Waals surface area (Å²) in [6.45, 7) is 0. The number of carbonyl (C=O) groups is 1. The second-order valence-electron chi connectivity index (χ2n) is 5.50. The molecule has 0 radical (unpaired) electrons. The van der Waals surface area contributed by atoms with Crippen LogP contribution in [0.4, 0.5) is 0 Å². The molecule has 3 aromatic rings. The summed E-state index contributed by atoms with van der Waals surface area (Å²) in [6.07, 6.45) is 3.81. The van der Waals surface area contributed by atoms with E-state index >= 15 is 0 Å². The van der Waals surface area contributed by atoms with Crippen LogP contribution >= 0.6 is 11.6 Å². The average Bonchev–Trinajstić information content (AvgIpc) is 2.63. The molecule has 0 fully saturated rings. The van der Waals surface area contributed by atoms with Gasteiger partial charge in [0.1, 0.15) is 0 Å². The van der Waals surface area contributed by atoms with Crippen molar-refractivity contribution in [3.63, 3.8) is 0 Å². The van der Waals surface area contributed by atoms with Gasteiger partial charge in [0.05, 0.1) is 12.5 Å². The van der Waals surface area contributed by atoms with Crippen LogP contribution in [0.15, 0.2) is 79.1 Å². The van der Waals surface area contributed by atoms with Crippen LogP contribution in [0.25, 0.3) is 0 Å². The fourth-order valence-corrected chi connectivity index (χ4v) is 2.68. The van der Waals surface area contributed by atoms with Crippen molar-refractivity contribution < 1.29 is 4.79 Å². The summed E-state index contributed by atoms with van der Waals surface area (Å²) in [5, 5.41) is 3.76. The Hall–Kier alpha value is -2.65. The van der Waals surface area contributed by atoms with Gasteiger partial charge in [-0.15, -0.1) is 0 Å². The Kier molecular flexibility index (Phi) is 5.24. The number of rotatable bonds is 5. The molecule has 3 nitrogen and oxygen atoms in total. The maximum Gasteiger partial charge on any atom is 0.225 e. The number of nitrogens with zero attached hydrogens (tertiary/aromatic N) is 1. The lowest BCUT2D eigenvalue weighted by Gasteiger charge is -2.19. The number of hydrogen-bond acceptors (Lipinski definition) is 2. The van der Waals surface area contributed by atoms with Crippen molar-refractivity contribution in [2.75, 3.05) is 0 Å². The minimum atomic E-state index is -0.222. The number of amides is 1. The van der Waals surface area contributed by atoms with Gasteiger partial charge < -0.3 is 5.32 Å². The van der Waals surface area contributed by atoms with Gasteiger partial charge in [-0.2, -0.15) is 0 Å². The second kappa shape index (κ2) is 7.75. The first-order valence-corrected chi connectivity index (χ1v) is 8.09. The minimum absolute atomic E-state index is 0.0463. The number of aromatic nitrogens is 1. The van der Waals surface area contributed by atoms with Gasteiger partial charge in [0, 0.05) is 17.4 Å². The number of nitrogens with one attached hydrogen (secondary N) is 1. The van der Waals surface area contributed by atoms with Crippen LogP contribution in [0.5, 0.6) is 0 Å². The maximum atomic E-state index is 12.5. The van der Waals surface area contributed by atoms with Crippen LogP contribution in [0.2, 0.25) is 5.02 Å². The first-order chi connectivity index (χ1) is 11.7. The third-order valence-electron chi connectivity index (χ3n) is 3.73. The molecule has 4 heteroatoms. The molecule has 0 aliphatic carbocycles. The van der Waals surface area contributed by atoms with Crippen LogP contribution in [0.1, 0.15) is 22.7 Å². The zero-order valence-corrected chi connectivity index (χ0v) is 13.8. The highest BCUT2D eigenvalue weighted by Crippen LogP contribution is 2.21. The Balaban J connectivity index is 1.79. The summed E-state index contributed by atoms with van der Waals surface area (Å²) in [5.74, 6) is -0.0463. The molecule has 1 N–H and O–H groups in total. The van der Waals surface area contributed by atoms with Gasteiger partial charge >= 0.3 is 0 Å². The summed E-state index contributed by atoms with van der Waals surface area (Å²) in [6, 6.07) is 20.8. The number of carbonyl (C=O) groups excluding carboxylic acids is 1. The Morgan fingerprint density at radius 3 is 2.33 bits per heavy atom. The molecule has 2 aromatic carbocycles. The predicted molar refractivity (Wildman–Crippen MR) is 95.8 cm³/mol. The minimum Gasteiger partial charge on any atom is -0.345 e. The molecule has 0 unspecified atom stereocenters. The molecule has 1 aromatic heterocycles. The normalized spacial score (nSPS) is 11.7. The number of halogens is 1. The molecule has 1 amide bonds. The lowest BCUT2D eigenvalue weighted by atomic mass is 9.99. The Morgan fingerprint density at radius 1 is 0.958 bits per heavy atom.